The molecule has 0 aliphatic rings. The van der Waals surface area contributed by atoms with Crippen LogP contribution in [-0.4, -0.2) is 37.9 Å². The van der Waals surface area contributed by atoms with Crippen LogP contribution in [0.25, 0.3) is 0 Å². The van der Waals surface area contributed by atoms with Crippen molar-refractivity contribution in [2.75, 3.05) is 18.1 Å². The van der Waals surface area contributed by atoms with Gasteiger partial charge in [0.1, 0.15) is 0 Å². The summed E-state index contributed by atoms with van der Waals surface area (Å²) in [6, 6.07) is 13.3. The quantitative estimate of drug-likeness (QED) is 0.790. The molecular formula is C20H24N2O4S. The van der Waals surface area contributed by atoms with Crippen molar-refractivity contribution in [1.82, 2.24) is 4.90 Å². The summed E-state index contributed by atoms with van der Waals surface area (Å²) in [5.41, 5.74) is 1.52. The Hall–Kier alpha value is -2.67. The lowest BCUT2D eigenvalue weighted by Crippen LogP contribution is -2.23. The molecule has 0 heterocycles. The van der Waals surface area contributed by atoms with Gasteiger partial charge in [0, 0.05) is 26.2 Å². The summed E-state index contributed by atoms with van der Waals surface area (Å²) < 4.78 is 24.9. The highest BCUT2D eigenvalue weighted by molar-refractivity contribution is 7.91. The molecule has 2 aromatic rings. The van der Waals surface area contributed by atoms with E-state index < -0.39 is 15.7 Å². The van der Waals surface area contributed by atoms with E-state index in [0.717, 1.165) is 5.56 Å². The minimum Gasteiger partial charge on any atom is -0.342 e. The van der Waals surface area contributed by atoms with Crippen LogP contribution >= 0.6 is 0 Å². The molecule has 6 nitrogen and oxygen atoms in total. The lowest BCUT2D eigenvalue weighted by Gasteiger charge is -2.16. The zero-order valence-electron chi connectivity index (χ0n) is 15.7. The summed E-state index contributed by atoms with van der Waals surface area (Å²) >= 11 is 0. The summed E-state index contributed by atoms with van der Waals surface area (Å²) in [4.78, 5) is 25.7. The molecule has 7 heteroatoms. The number of benzene rings is 2. The van der Waals surface area contributed by atoms with Crippen molar-refractivity contribution in [3.8, 4) is 0 Å². The predicted molar refractivity (Wildman–Crippen MR) is 105 cm³/mol. The summed E-state index contributed by atoms with van der Waals surface area (Å²) in [5, 5.41) is 2.75. The first-order valence-corrected chi connectivity index (χ1v) is 10.3. The summed E-state index contributed by atoms with van der Waals surface area (Å²) in [6.07, 6.45) is 0.476. The fourth-order valence-electron chi connectivity index (χ4n) is 2.64. The van der Waals surface area contributed by atoms with Crippen LogP contribution in [0.5, 0.6) is 0 Å². The van der Waals surface area contributed by atoms with E-state index in [1.165, 1.54) is 19.1 Å². The van der Waals surface area contributed by atoms with E-state index in [0.29, 0.717) is 18.7 Å². The minimum atomic E-state index is -3.52. The second kappa shape index (κ2) is 8.81. The van der Waals surface area contributed by atoms with Gasteiger partial charge in [0.2, 0.25) is 5.91 Å². The molecule has 0 saturated carbocycles. The van der Waals surface area contributed by atoms with Gasteiger partial charge < -0.3 is 10.2 Å². The molecule has 0 aromatic heterocycles. The van der Waals surface area contributed by atoms with E-state index >= 15 is 0 Å². The van der Waals surface area contributed by atoms with Gasteiger partial charge in [-0.2, -0.15) is 0 Å². The van der Waals surface area contributed by atoms with Crippen molar-refractivity contribution in [2.45, 2.75) is 31.7 Å². The normalized spacial score (nSPS) is 11.1. The maximum Gasteiger partial charge on any atom is 0.256 e. The van der Waals surface area contributed by atoms with Gasteiger partial charge in [0.05, 0.1) is 16.2 Å². The Bertz CT molecular complexity index is 939. The van der Waals surface area contributed by atoms with Crippen LogP contribution in [0.2, 0.25) is 0 Å². The largest absolute Gasteiger partial charge is 0.342 e. The zero-order chi connectivity index (χ0) is 20.0. The number of nitrogens with zero attached hydrogens (tertiary/aromatic N) is 1. The standard InChI is InChI=1S/C20H24N2O4S/c1-4-12-27(25,26)19-11-6-5-10-18(19)20(24)21-17-9-7-8-16(13-17)14-22(3)15(2)23/h5-11,13H,4,12,14H2,1-3H3,(H,21,24). The molecule has 144 valence electrons. The van der Waals surface area contributed by atoms with Crippen molar-refractivity contribution >= 4 is 27.3 Å². The molecule has 0 bridgehead atoms. The Morgan fingerprint density at radius 1 is 1.07 bits per heavy atom. The number of rotatable bonds is 7. The lowest BCUT2D eigenvalue weighted by atomic mass is 10.1. The van der Waals surface area contributed by atoms with E-state index in [1.54, 1.807) is 49.2 Å². The molecule has 0 aliphatic heterocycles. The van der Waals surface area contributed by atoms with Crippen molar-refractivity contribution in [3.05, 3.63) is 59.7 Å². The van der Waals surface area contributed by atoms with Crippen LogP contribution in [-0.2, 0) is 21.2 Å². The third-order valence-corrected chi connectivity index (χ3v) is 6.05. The van der Waals surface area contributed by atoms with E-state index in [2.05, 4.69) is 5.32 Å². The number of anilines is 1. The van der Waals surface area contributed by atoms with Crippen LogP contribution in [0.1, 0.15) is 36.2 Å². The molecule has 2 rings (SSSR count). The predicted octanol–water partition coefficient (Wildman–Crippen LogP) is 3.10. The third-order valence-electron chi connectivity index (χ3n) is 4.08. The van der Waals surface area contributed by atoms with E-state index in [-0.39, 0.29) is 22.1 Å². The Balaban J connectivity index is 2.25. The fourth-order valence-corrected chi connectivity index (χ4v) is 4.17. The molecule has 2 amide bonds. The Labute approximate surface area is 160 Å². The SMILES string of the molecule is CCCS(=O)(=O)c1ccccc1C(=O)Nc1cccc(CN(C)C(C)=O)c1. The molecule has 0 aliphatic carbocycles. The summed E-state index contributed by atoms with van der Waals surface area (Å²) in [6.45, 7) is 3.68. The maximum absolute atomic E-state index is 12.7. The van der Waals surface area contributed by atoms with Gasteiger partial charge in [0.25, 0.3) is 5.91 Å². The molecule has 0 atom stereocenters. The molecule has 2 aromatic carbocycles. The highest BCUT2D eigenvalue weighted by atomic mass is 32.2. The number of sulfone groups is 1. The second-order valence-corrected chi connectivity index (χ2v) is 8.42. The molecule has 0 saturated heterocycles. The number of amides is 2. The number of carbonyl (C=O) groups is 2. The molecule has 27 heavy (non-hydrogen) atoms. The number of nitrogens with one attached hydrogen (secondary N) is 1. The fraction of sp³-hybridized carbons (Fsp3) is 0.300. The first-order chi connectivity index (χ1) is 12.7. The molecule has 0 unspecified atom stereocenters. The third kappa shape index (κ3) is 5.40. The van der Waals surface area contributed by atoms with Gasteiger partial charge >= 0.3 is 0 Å². The average Bonchev–Trinajstić information content (AvgIpc) is 2.62. The molecule has 0 radical (unpaired) electrons. The van der Waals surface area contributed by atoms with E-state index in [9.17, 15) is 18.0 Å². The van der Waals surface area contributed by atoms with Crippen molar-refractivity contribution < 1.29 is 18.0 Å². The lowest BCUT2D eigenvalue weighted by molar-refractivity contribution is -0.128. The Morgan fingerprint density at radius 2 is 1.78 bits per heavy atom. The van der Waals surface area contributed by atoms with Gasteiger partial charge in [0.15, 0.2) is 9.84 Å². The van der Waals surface area contributed by atoms with Gasteiger partial charge in [-0.1, -0.05) is 31.2 Å². The molecule has 0 fully saturated rings. The van der Waals surface area contributed by atoms with Crippen LogP contribution < -0.4 is 5.32 Å². The first-order valence-electron chi connectivity index (χ1n) is 8.68. The van der Waals surface area contributed by atoms with Crippen molar-refractivity contribution in [1.29, 1.82) is 0 Å². The molecule has 1 N–H and O–H groups in total. The van der Waals surface area contributed by atoms with Crippen LogP contribution in [0.3, 0.4) is 0 Å². The number of carbonyl (C=O) groups excluding carboxylic acids is 2. The highest BCUT2D eigenvalue weighted by Crippen LogP contribution is 2.20. The van der Waals surface area contributed by atoms with Crippen LogP contribution in [0.15, 0.2) is 53.4 Å². The monoisotopic (exact) mass is 388 g/mol. The summed E-state index contributed by atoms with van der Waals surface area (Å²) in [5.74, 6) is -0.550. The number of hydrogen-bond donors (Lipinski definition) is 1. The average molecular weight is 388 g/mol. The Morgan fingerprint density at radius 3 is 2.44 bits per heavy atom. The van der Waals surface area contributed by atoms with Crippen molar-refractivity contribution in [3.63, 3.8) is 0 Å². The van der Waals surface area contributed by atoms with Gasteiger partial charge in [-0.25, -0.2) is 8.42 Å². The van der Waals surface area contributed by atoms with Gasteiger partial charge in [-0.3, -0.25) is 9.59 Å². The molecule has 0 spiro atoms. The van der Waals surface area contributed by atoms with Crippen molar-refractivity contribution in [2.24, 2.45) is 0 Å². The van der Waals surface area contributed by atoms with Crippen LogP contribution in [0.4, 0.5) is 5.69 Å². The van der Waals surface area contributed by atoms with Gasteiger partial charge in [-0.15, -0.1) is 0 Å². The smallest absolute Gasteiger partial charge is 0.256 e. The first kappa shape index (κ1) is 20.6. The molecular weight excluding hydrogens is 364 g/mol. The Kier molecular flexibility index (Phi) is 6.74. The topological polar surface area (TPSA) is 83.6 Å². The summed E-state index contributed by atoms with van der Waals surface area (Å²) in [7, 11) is -1.82. The highest BCUT2D eigenvalue weighted by Gasteiger charge is 2.21. The number of hydrogen-bond acceptors (Lipinski definition) is 4. The van der Waals surface area contributed by atoms with Crippen LogP contribution in [0, 0.1) is 0 Å². The van der Waals surface area contributed by atoms with E-state index in [1.807, 2.05) is 6.07 Å². The zero-order valence-corrected chi connectivity index (χ0v) is 16.5. The van der Waals surface area contributed by atoms with Gasteiger partial charge in [-0.05, 0) is 36.2 Å². The maximum atomic E-state index is 12.7. The minimum absolute atomic E-state index is 0.00976. The second-order valence-electron chi connectivity index (χ2n) is 6.34. The van der Waals surface area contributed by atoms with E-state index in [4.69, 9.17) is 0 Å².